The SMILES string of the molecule is COc1ccc(C(OC[C@H]2O[C@@H](n3cnc4c(=O)[nH]c(/N=C/N(C)C)nc43)[C@H](F)[C@@H]2O)(c2ccccc2)c2ccc(OC)cc2)cc1. The summed E-state index contributed by atoms with van der Waals surface area (Å²) in [6, 6.07) is 24.6. The van der Waals surface area contributed by atoms with Crippen LogP contribution in [-0.4, -0.2) is 89.2 Å². The number of fused-ring (bicyclic) bond motifs is 1. The molecule has 2 aromatic heterocycles. The number of alkyl halides is 1. The Balaban J connectivity index is 1.37. The van der Waals surface area contributed by atoms with Gasteiger partial charge < -0.3 is 29.0 Å². The highest BCUT2D eigenvalue weighted by molar-refractivity contribution is 5.71. The number of rotatable bonds is 11. The molecule has 0 aliphatic carbocycles. The lowest BCUT2D eigenvalue weighted by Crippen LogP contribution is -2.39. The van der Waals surface area contributed by atoms with E-state index in [0.717, 1.165) is 16.7 Å². The number of ether oxygens (including phenoxy) is 4. The van der Waals surface area contributed by atoms with Crippen LogP contribution in [0.25, 0.3) is 11.2 Å². The molecule has 0 amide bonds. The Labute approximate surface area is 270 Å². The summed E-state index contributed by atoms with van der Waals surface area (Å²) in [7, 11) is 6.72. The topological polar surface area (TPSA) is 136 Å². The van der Waals surface area contributed by atoms with Crippen LogP contribution in [0.2, 0.25) is 0 Å². The van der Waals surface area contributed by atoms with Crippen LogP contribution in [0.5, 0.6) is 11.5 Å². The molecule has 3 heterocycles. The van der Waals surface area contributed by atoms with Crippen molar-refractivity contribution < 1.29 is 28.4 Å². The lowest BCUT2D eigenvalue weighted by molar-refractivity contribution is -0.0935. The minimum Gasteiger partial charge on any atom is -0.497 e. The van der Waals surface area contributed by atoms with Crippen molar-refractivity contribution in [1.29, 1.82) is 0 Å². The number of aromatic amines is 1. The monoisotopic (exact) mass is 642 g/mol. The molecule has 6 rings (SSSR count). The molecule has 1 aliphatic heterocycles. The fourth-order valence-corrected chi connectivity index (χ4v) is 5.68. The van der Waals surface area contributed by atoms with E-state index < -0.39 is 35.8 Å². The average Bonchev–Trinajstić information content (AvgIpc) is 3.65. The van der Waals surface area contributed by atoms with Crippen LogP contribution in [0.15, 0.2) is 95.0 Å². The standard InChI is InChI=1S/C34H35FN6O6/c1-40(2)19-37-33-38-30-28(31(43)39-33)36-20-41(30)32-27(35)29(42)26(47-32)18-46-34(21-8-6-5-7-9-21,22-10-14-24(44-3)15-11-22)23-12-16-25(45-4)17-13-23/h5-17,19-20,26-27,29,32,42H,18H2,1-4H3,(H,38,39,43)/b37-19+/t26-,27-,29-,32-/m1/s1. The number of hydrogen-bond acceptors (Lipinski definition) is 9. The number of methoxy groups -OCH3 is 2. The number of aromatic nitrogens is 4. The minimum atomic E-state index is -1.89. The molecule has 2 N–H and O–H groups in total. The van der Waals surface area contributed by atoms with E-state index in [1.807, 2.05) is 78.9 Å². The molecule has 1 saturated heterocycles. The first kappa shape index (κ1) is 31.9. The summed E-state index contributed by atoms with van der Waals surface area (Å²) in [5, 5.41) is 11.1. The Bertz CT molecular complexity index is 1850. The summed E-state index contributed by atoms with van der Waals surface area (Å²) in [5.74, 6) is 1.34. The largest absolute Gasteiger partial charge is 0.497 e. The van der Waals surface area contributed by atoms with Crippen LogP contribution in [0, 0.1) is 0 Å². The highest BCUT2D eigenvalue weighted by Gasteiger charge is 2.48. The van der Waals surface area contributed by atoms with Crippen LogP contribution in [0.3, 0.4) is 0 Å². The number of imidazole rings is 1. The maximum atomic E-state index is 15.9. The first-order chi connectivity index (χ1) is 22.7. The lowest BCUT2D eigenvalue weighted by atomic mass is 9.80. The van der Waals surface area contributed by atoms with Gasteiger partial charge >= 0.3 is 0 Å². The van der Waals surface area contributed by atoms with Crippen LogP contribution in [0.4, 0.5) is 10.3 Å². The first-order valence-electron chi connectivity index (χ1n) is 14.9. The van der Waals surface area contributed by atoms with E-state index in [-0.39, 0.29) is 23.7 Å². The highest BCUT2D eigenvalue weighted by Crippen LogP contribution is 2.43. The third-order valence-corrected chi connectivity index (χ3v) is 8.04. The van der Waals surface area contributed by atoms with Gasteiger partial charge in [0.05, 0.1) is 33.5 Å². The second-order valence-corrected chi connectivity index (χ2v) is 11.2. The van der Waals surface area contributed by atoms with Crippen LogP contribution >= 0.6 is 0 Å². The summed E-state index contributed by atoms with van der Waals surface area (Å²) >= 11 is 0. The molecule has 1 fully saturated rings. The molecule has 0 radical (unpaired) electrons. The zero-order chi connectivity index (χ0) is 33.1. The molecule has 0 bridgehead atoms. The number of H-pyrrole nitrogens is 1. The van der Waals surface area contributed by atoms with Gasteiger partial charge in [-0.15, -0.1) is 0 Å². The molecule has 13 heteroatoms. The molecule has 0 saturated carbocycles. The van der Waals surface area contributed by atoms with Gasteiger partial charge in [0.1, 0.15) is 29.3 Å². The molecule has 0 unspecified atom stereocenters. The molecule has 47 heavy (non-hydrogen) atoms. The van der Waals surface area contributed by atoms with Gasteiger partial charge in [0.25, 0.3) is 5.56 Å². The Kier molecular flexibility index (Phi) is 9.03. The Hall–Kier alpha value is -5.11. The fraction of sp³-hybridized carbons (Fsp3) is 0.294. The van der Waals surface area contributed by atoms with Crippen LogP contribution in [-0.2, 0) is 15.1 Å². The fourth-order valence-electron chi connectivity index (χ4n) is 5.68. The molecule has 4 atom stereocenters. The molecule has 12 nitrogen and oxygen atoms in total. The van der Waals surface area contributed by atoms with E-state index in [0.29, 0.717) is 11.5 Å². The van der Waals surface area contributed by atoms with Gasteiger partial charge in [-0.25, -0.2) is 14.4 Å². The smallest absolute Gasteiger partial charge is 0.280 e. The van der Waals surface area contributed by atoms with Gasteiger partial charge in [0.2, 0.25) is 5.95 Å². The van der Waals surface area contributed by atoms with Crippen molar-refractivity contribution in [3.8, 4) is 11.5 Å². The van der Waals surface area contributed by atoms with Gasteiger partial charge in [-0.2, -0.15) is 4.98 Å². The number of halogens is 1. The quantitative estimate of drug-likeness (QED) is 0.125. The van der Waals surface area contributed by atoms with Gasteiger partial charge in [0, 0.05) is 14.1 Å². The van der Waals surface area contributed by atoms with Crippen molar-refractivity contribution in [1.82, 2.24) is 24.4 Å². The summed E-state index contributed by atoms with van der Waals surface area (Å²) in [4.78, 5) is 29.6. The van der Waals surface area contributed by atoms with Crippen LogP contribution < -0.4 is 15.0 Å². The summed E-state index contributed by atoms with van der Waals surface area (Å²) < 4.78 is 41.0. The Morgan fingerprint density at radius 1 is 1.00 bits per heavy atom. The highest BCUT2D eigenvalue weighted by atomic mass is 19.1. The maximum absolute atomic E-state index is 15.9. The first-order valence-corrected chi connectivity index (χ1v) is 14.9. The number of nitrogens with one attached hydrogen (secondary N) is 1. The van der Waals surface area contributed by atoms with E-state index in [2.05, 4.69) is 19.9 Å². The van der Waals surface area contributed by atoms with Crippen molar-refractivity contribution in [3.63, 3.8) is 0 Å². The number of aliphatic hydroxyl groups excluding tert-OH is 1. The lowest BCUT2D eigenvalue weighted by Gasteiger charge is -2.37. The number of benzene rings is 3. The van der Waals surface area contributed by atoms with Crippen molar-refractivity contribution in [3.05, 3.63) is 112 Å². The Morgan fingerprint density at radius 2 is 1.60 bits per heavy atom. The molecule has 0 spiro atoms. The van der Waals surface area contributed by atoms with E-state index in [1.54, 1.807) is 33.2 Å². The maximum Gasteiger partial charge on any atom is 0.280 e. The third kappa shape index (κ3) is 6.08. The van der Waals surface area contributed by atoms with Crippen molar-refractivity contribution in [2.75, 3.05) is 34.9 Å². The molecular weight excluding hydrogens is 607 g/mol. The summed E-state index contributed by atoms with van der Waals surface area (Å²) in [6.07, 6.45) is -3.15. The predicted molar refractivity (Wildman–Crippen MR) is 173 cm³/mol. The molecule has 5 aromatic rings. The van der Waals surface area contributed by atoms with Gasteiger partial charge in [0.15, 0.2) is 23.6 Å². The second kappa shape index (κ2) is 13.3. The number of hydrogen-bond donors (Lipinski definition) is 2. The summed E-state index contributed by atoms with van der Waals surface area (Å²) in [6.45, 7) is -0.204. The molecule has 244 valence electrons. The zero-order valence-electron chi connectivity index (χ0n) is 26.3. The minimum absolute atomic E-state index is 0.0124. The van der Waals surface area contributed by atoms with Crippen LogP contribution in [0.1, 0.15) is 22.9 Å². The number of aliphatic imine (C=N–C) groups is 1. The van der Waals surface area contributed by atoms with E-state index in [4.69, 9.17) is 18.9 Å². The molecular formula is C34H35FN6O6. The van der Waals surface area contributed by atoms with E-state index >= 15 is 4.39 Å². The normalized spacial score (nSPS) is 19.8. The zero-order valence-corrected chi connectivity index (χ0v) is 26.3. The van der Waals surface area contributed by atoms with E-state index in [1.165, 1.54) is 17.2 Å². The van der Waals surface area contributed by atoms with E-state index in [9.17, 15) is 9.90 Å². The van der Waals surface area contributed by atoms with Crippen molar-refractivity contribution in [2.24, 2.45) is 4.99 Å². The second-order valence-electron chi connectivity index (χ2n) is 11.2. The van der Waals surface area contributed by atoms with Gasteiger partial charge in [-0.05, 0) is 41.0 Å². The number of nitrogens with zero attached hydrogens (tertiary/aromatic N) is 5. The third-order valence-electron chi connectivity index (χ3n) is 8.04. The van der Waals surface area contributed by atoms with Crippen molar-refractivity contribution in [2.45, 2.75) is 30.2 Å². The summed E-state index contributed by atoms with van der Waals surface area (Å²) in [5.41, 5.74) is 0.641. The molecule has 1 aliphatic rings. The average molecular weight is 643 g/mol. The predicted octanol–water partition coefficient (Wildman–Crippen LogP) is 3.96. The van der Waals surface area contributed by atoms with Crippen molar-refractivity contribution >= 4 is 23.5 Å². The molecule has 3 aromatic carbocycles. The van der Waals surface area contributed by atoms with Gasteiger partial charge in [-0.1, -0.05) is 54.6 Å². The number of aliphatic hydroxyl groups is 1. The van der Waals surface area contributed by atoms with Gasteiger partial charge in [-0.3, -0.25) is 14.3 Å². The Morgan fingerprint density at radius 3 is 2.17 bits per heavy atom.